The lowest BCUT2D eigenvalue weighted by atomic mass is 9.97. The largest absolute Gasteiger partial charge is 0.355 e. The van der Waals surface area contributed by atoms with Crippen molar-refractivity contribution in [1.29, 1.82) is 0 Å². The molecule has 2 atom stereocenters. The predicted molar refractivity (Wildman–Crippen MR) is 127 cm³/mol. The minimum Gasteiger partial charge on any atom is -0.355 e. The van der Waals surface area contributed by atoms with Crippen molar-refractivity contribution in [2.75, 3.05) is 26.7 Å². The first-order valence-electron chi connectivity index (χ1n) is 9.87. The van der Waals surface area contributed by atoms with Gasteiger partial charge < -0.3 is 16.0 Å². The van der Waals surface area contributed by atoms with Crippen LogP contribution in [0.4, 0.5) is 0 Å². The molecule has 6 heteroatoms. The van der Waals surface area contributed by atoms with Crippen LogP contribution >= 0.6 is 24.0 Å². The van der Waals surface area contributed by atoms with Crippen LogP contribution in [0.5, 0.6) is 0 Å². The average molecular weight is 487 g/mol. The van der Waals surface area contributed by atoms with Crippen molar-refractivity contribution in [2.24, 2.45) is 4.99 Å². The van der Waals surface area contributed by atoms with Gasteiger partial charge in [0.1, 0.15) is 0 Å². The molecular formula is C21H38IN5. The van der Waals surface area contributed by atoms with Gasteiger partial charge in [-0.3, -0.25) is 9.89 Å². The fourth-order valence-electron chi connectivity index (χ4n) is 3.41. The number of nitrogens with zero attached hydrogens (tertiary/aromatic N) is 2. The SMILES string of the molecule is CN=C(NCCNC(C)(C)C)NC1CCN(Cc2ccccc2)C(C)C1.I. The van der Waals surface area contributed by atoms with Crippen molar-refractivity contribution in [1.82, 2.24) is 20.9 Å². The standard InChI is InChI=1S/C21H37N5.HI/c1-17-15-19(11-14-26(17)16-18-9-7-6-8-10-18)25-20(22-5)23-12-13-24-21(2,3)4;/h6-10,17,19,24H,11-16H2,1-5H3,(H2,22,23,25);1H. The van der Waals surface area contributed by atoms with Gasteiger partial charge in [-0.05, 0) is 46.1 Å². The second kappa shape index (κ2) is 11.9. The number of guanidine groups is 1. The number of hydrogen-bond acceptors (Lipinski definition) is 3. The molecule has 0 aliphatic carbocycles. The van der Waals surface area contributed by atoms with E-state index in [0.717, 1.165) is 45.0 Å². The fourth-order valence-corrected chi connectivity index (χ4v) is 3.41. The highest BCUT2D eigenvalue weighted by Crippen LogP contribution is 2.19. The second-order valence-corrected chi connectivity index (χ2v) is 8.35. The Balaban J connectivity index is 0.00000364. The molecule has 2 unspecified atom stereocenters. The number of hydrogen-bond donors (Lipinski definition) is 3. The maximum absolute atomic E-state index is 4.38. The molecule has 0 aromatic heterocycles. The van der Waals surface area contributed by atoms with Crippen molar-refractivity contribution >= 4 is 29.9 Å². The zero-order valence-electron chi connectivity index (χ0n) is 17.6. The van der Waals surface area contributed by atoms with Crippen LogP contribution in [0.3, 0.4) is 0 Å². The van der Waals surface area contributed by atoms with Crippen LogP contribution in [-0.4, -0.2) is 55.2 Å². The predicted octanol–water partition coefficient (Wildman–Crippen LogP) is 3.21. The third-order valence-electron chi connectivity index (χ3n) is 4.88. The summed E-state index contributed by atoms with van der Waals surface area (Å²) >= 11 is 0. The van der Waals surface area contributed by atoms with Gasteiger partial charge in [-0.25, -0.2) is 0 Å². The maximum Gasteiger partial charge on any atom is 0.191 e. The first-order valence-corrected chi connectivity index (χ1v) is 9.87. The highest BCUT2D eigenvalue weighted by atomic mass is 127. The number of aliphatic imine (C=N–C) groups is 1. The molecule has 1 aromatic carbocycles. The summed E-state index contributed by atoms with van der Waals surface area (Å²) in [6.45, 7) is 12.9. The van der Waals surface area contributed by atoms with Crippen molar-refractivity contribution < 1.29 is 0 Å². The average Bonchev–Trinajstić information content (AvgIpc) is 2.60. The van der Waals surface area contributed by atoms with Crippen LogP contribution in [0.1, 0.15) is 46.1 Å². The number of piperidine rings is 1. The highest BCUT2D eigenvalue weighted by molar-refractivity contribution is 14.0. The number of benzene rings is 1. The van der Waals surface area contributed by atoms with E-state index >= 15 is 0 Å². The van der Waals surface area contributed by atoms with Gasteiger partial charge >= 0.3 is 0 Å². The lowest BCUT2D eigenvalue weighted by Gasteiger charge is -2.38. The molecule has 0 radical (unpaired) electrons. The van der Waals surface area contributed by atoms with Crippen molar-refractivity contribution in [3.8, 4) is 0 Å². The zero-order valence-corrected chi connectivity index (χ0v) is 19.9. The van der Waals surface area contributed by atoms with Gasteiger partial charge in [0.25, 0.3) is 0 Å². The van der Waals surface area contributed by atoms with Crippen LogP contribution in [0, 0.1) is 0 Å². The molecule has 3 N–H and O–H groups in total. The van der Waals surface area contributed by atoms with Crippen LogP contribution in [0.2, 0.25) is 0 Å². The van der Waals surface area contributed by atoms with E-state index in [-0.39, 0.29) is 29.5 Å². The molecule has 0 spiro atoms. The molecule has 1 aliphatic heterocycles. The first-order chi connectivity index (χ1) is 12.4. The number of nitrogens with one attached hydrogen (secondary N) is 3. The van der Waals surface area contributed by atoms with E-state index in [1.807, 2.05) is 7.05 Å². The lowest BCUT2D eigenvalue weighted by molar-refractivity contribution is 0.134. The Labute approximate surface area is 182 Å². The van der Waals surface area contributed by atoms with Crippen molar-refractivity contribution in [3.05, 3.63) is 35.9 Å². The summed E-state index contributed by atoms with van der Waals surface area (Å²) in [6, 6.07) is 11.8. The summed E-state index contributed by atoms with van der Waals surface area (Å²) in [7, 11) is 1.85. The number of halogens is 1. The van der Waals surface area contributed by atoms with Gasteiger partial charge in [0.2, 0.25) is 0 Å². The van der Waals surface area contributed by atoms with Gasteiger partial charge in [-0.15, -0.1) is 24.0 Å². The molecule has 1 aromatic rings. The third-order valence-corrected chi connectivity index (χ3v) is 4.88. The monoisotopic (exact) mass is 487 g/mol. The quantitative estimate of drug-likeness (QED) is 0.250. The Bertz CT molecular complexity index is 555. The van der Waals surface area contributed by atoms with E-state index in [1.54, 1.807) is 0 Å². The van der Waals surface area contributed by atoms with E-state index in [1.165, 1.54) is 5.56 Å². The first kappa shape index (κ1) is 24.2. The third kappa shape index (κ3) is 9.25. The van der Waals surface area contributed by atoms with Gasteiger partial charge in [-0.2, -0.15) is 0 Å². The minimum absolute atomic E-state index is 0. The van der Waals surface area contributed by atoms with E-state index < -0.39 is 0 Å². The molecule has 27 heavy (non-hydrogen) atoms. The molecule has 154 valence electrons. The molecule has 5 nitrogen and oxygen atoms in total. The summed E-state index contributed by atoms with van der Waals surface area (Å²) in [5.41, 5.74) is 1.55. The summed E-state index contributed by atoms with van der Waals surface area (Å²) < 4.78 is 0. The van der Waals surface area contributed by atoms with E-state index in [0.29, 0.717) is 12.1 Å². The molecule has 2 rings (SSSR count). The Kier molecular flexibility index (Phi) is 10.6. The summed E-state index contributed by atoms with van der Waals surface area (Å²) in [5, 5.41) is 10.5. The highest BCUT2D eigenvalue weighted by Gasteiger charge is 2.25. The number of likely N-dealkylation sites (tertiary alicyclic amines) is 1. The molecule has 1 saturated heterocycles. The van der Waals surface area contributed by atoms with Crippen molar-refractivity contribution in [3.63, 3.8) is 0 Å². The minimum atomic E-state index is 0. The smallest absolute Gasteiger partial charge is 0.191 e. The maximum atomic E-state index is 4.38. The van der Waals surface area contributed by atoms with Crippen LogP contribution in [-0.2, 0) is 6.54 Å². The van der Waals surface area contributed by atoms with Crippen LogP contribution in [0.25, 0.3) is 0 Å². The summed E-state index contributed by atoms with van der Waals surface area (Å²) in [5.74, 6) is 0.911. The lowest BCUT2D eigenvalue weighted by Crippen LogP contribution is -2.52. The second-order valence-electron chi connectivity index (χ2n) is 8.35. The molecule has 0 bridgehead atoms. The zero-order chi connectivity index (χ0) is 19.0. The molecular weight excluding hydrogens is 449 g/mol. The Morgan fingerprint density at radius 1 is 1.19 bits per heavy atom. The Morgan fingerprint density at radius 2 is 1.89 bits per heavy atom. The summed E-state index contributed by atoms with van der Waals surface area (Å²) in [6.07, 6.45) is 2.30. The topological polar surface area (TPSA) is 51.7 Å². The Morgan fingerprint density at radius 3 is 2.48 bits per heavy atom. The van der Waals surface area contributed by atoms with E-state index in [2.05, 4.69) is 83.9 Å². The molecule has 0 amide bonds. The van der Waals surface area contributed by atoms with Crippen LogP contribution < -0.4 is 16.0 Å². The van der Waals surface area contributed by atoms with Crippen LogP contribution in [0.15, 0.2) is 35.3 Å². The van der Waals surface area contributed by atoms with E-state index in [4.69, 9.17) is 0 Å². The summed E-state index contributed by atoms with van der Waals surface area (Å²) in [4.78, 5) is 6.96. The number of rotatable bonds is 6. The normalized spacial score (nSPS) is 21.4. The fraction of sp³-hybridized carbons (Fsp3) is 0.667. The van der Waals surface area contributed by atoms with Gasteiger partial charge in [0.15, 0.2) is 5.96 Å². The van der Waals surface area contributed by atoms with E-state index in [9.17, 15) is 0 Å². The molecule has 1 heterocycles. The van der Waals surface area contributed by atoms with Gasteiger partial charge in [-0.1, -0.05) is 30.3 Å². The molecule has 1 fully saturated rings. The molecule has 1 aliphatic rings. The van der Waals surface area contributed by atoms with Crippen molar-refractivity contribution in [2.45, 2.75) is 64.7 Å². The Hall–Kier alpha value is -0.860. The van der Waals surface area contributed by atoms with Gasteiger partial charge in [0, 0.05) is 50.8 Å². The molecule has 0 saturated carbocycles. The van der Waals surface area contributed by atoms with Gasteiger partial charge in [0.05, 0.1) is 0 Å².